The molecule has 0 atom stereocenters. The highest BCUT2D eigenvalue weighted by molar-refractivity contribution is 7.50. The number of aromatic nitrogens is 3. The van der Waals surface area contributed by atoms with Gasteiger partial charge in [0.15, 0.2) is 0 Å². The minimum absolute atomic E-state index is 0.242. The SMILES string of the molecule is O=c1ccc2c(-c3ccc(CP(=O)(O)O)cc3)ncnc2[nH]1. The van der Waals surface area contributed by atoms with Crippen molar-refractivity contribution in [2.75, 3.05) is 0 Å². The number of hydrogen-bond acceptors (Lipinski definition) is 4. The Hall–Kier alpha value is -2.34. The summed E-state index contributed by atoms with van der Waals surface area (Å²) in [5.74, 6) is 0. The van der Waals surface area contributed by atoms with Gasteiger partial charge in [0.25, 0.3) is 0 Å². The maximum absolute atomic E-state index is 11.3. The first kappa shape index (κ1) is 14.6. The van der Waals surface area contributed by atoms with Crippen LogP contribution in [0.1, 0.15) is 5.56 Å². The van der Waals surface area contributed by atoms with Crippen molar-refractivity contribution in [2.24, 2.45) is 0 Å². The topological polar surface area (TPSA) is 116 Å². The summed E-state index contributed by atoms with van der Waals surface area (Å²) < 4.78 is 11.0. The molecule has 0 aliphatic rings. The normalized spacial score (nSPS) is 11.7. The van der Waals surface area contributed by atoms with Gasteiger partial charge in [0.2, 0.25) is 5.56 Å². The molecule has 0 aliphatic carbocycles. The van der Waals surface area contributed by atoms with Crippen molar-refractivity contribution in [2.45, 2.75) is 6.16 Å². The first-order valence-corrected chi connectivity index (χ1v) is 8.20. The summed E-state index contributed by atoms with van der Waals surface area (Å²) in [5, 5.41) is 0.699. The highest BCUT2D eigenvalue weighted by Crippen LogP contribution is 2.39. The summed E-state index contributed by atoms with van der Waals surface area (Å²) in [6.45, 7) is 0. The molecular weight excluding hydrogens is 305 g/mol. The number of nitrogens with zero attached hydrogens (tertiary/aromatic N) is 2. The lowest BCUT2D eigenvalue weighted by Gasteiger charge is -2.07. The van der Waals surface area contributed by atoms with Crippen LogP contribution in [0.2, 0.25) is 0 Å². The fourth-order valence-electron chi connectivity index (χ4n) is 2.21. The van der Waals surface area contributed by atoms with Crippen molar-refractivity contribution >= 4 is 18.6 Å². The number of aromatic amines is 1. The number of rotatable bonds is 3. The quantitative estimate of drug-likeness (QED) is 0.633. The first-order valence-electron chi connectivity index (χ1n) is 6.40. The van der Waals surface area contributed by atoms with Gasteiger partial charge >= 0.3 is 7.60 Å². The van der Waals surface area contributed by atoms with Crippen molar-refractivity contribution in [1.29, 1.82) is 0 Å². The molecule has 0 aliphatic heterocycles. The number of fused-ring (bicyclic) bond motifs is 1. The Morgan fingerprint density at radius 1 is 1.05 bits per heavy atom. The number of pyridine rings is 1. The van der Waals surface area contributed by atoms with Crippen molar-refractivity contribution in [1.82, 2.24) is 15.0 Å². The van der Waals surface area contributed by atoms with Crippen LogP contribution in [-0.4, -0.2) is 24.7 Å². The fourth-order valence-corrected chi connectivity index (χ4v) is 2.89. The Labute approximate surface area is 124 Å². The number of benzene rings is 1. The fraction of sp³-hybridized carbons (Fsp3) is 0.0714. The van der Waals surface area contributed by atoms with Gasteiger partial charge in [-0.3, -0.25) is 9.36 Å². The van der Waals surface area contributed by atoms with Gasteiger partial charge in [0, 0.05) is 17.0 Å². The maximum Gasteiger partial charge on any atom is 0.329 e. The molecule has 7 nitrogen and oxygen atoms in total. The smallest absolute Gasteiger partial charge is 0.324 e. The van der Waals surface area contributed by atoms with Crippen LogP contribution in [0.15, 0.2) is 47.5 Å². The van der Waals surface area contributed by atoms with E-state index in [-0.39, 0.29) is 11.7 Å². The van der Waals surface area contributed by atoms with Crippen molar-refractivity contribution in [3.05, 3.63) is 58.6 Å². The number of H-pyrrole nitrogens is 1. The zero-order valence-electron chi connectivity index (χ0n) is 11.3. The summed E-state index contributed by atoms with van der Waals surface area (Å²) in [6.07, 6.45) is 1.06. The molecule has 3 rings (SSSR count). The third-order valence-electron chi connectivity index (χ3n) is 3.14. The van der Waals surface area contributed by atoms with Crippen LogP contribution >= 0.6 is 7.60 Å². The van der Waals surface area contributed by atoms with Gasteiger partial charge in [-0.15, -0.1) is 0 Å². The van der Waals surface area contributed by atoms with Crippen LogP contribution in [0.5, 0.6) is 0 Å². The van der Waals surface area contributed by atoms with Gasteiger partial charge in [0.1, 0.15) is 12.0 Å². The molecule has 0 saturated heterocycles. The Morgan fingerprint density at radius 2 is 1.77 bits per heavy atom. The molecule has 0 fully saturated rings. The van der Waals surface area contributed by atoms with Gasteiger partial charge in [-0.25, -0.2) is 9.97 Å². The second-order valence-corrected chi connectivity index (χ2v) is 6.47. The molecule has 0 spiro atoms. The molecule has 8 heteroatoms. The van der Waals surface area contributed by atoms with E-state index in [0.29, 0.717) is 22.3 Å². The molecule has 0 radical (unpaired) electrons. The summed E-state index contributed by atoms with van der Waals surface area (Å²) in [5.41, 5.74) is 2.16. The minimum atomic E-state index is -4.08. The molecule has 112 valence electrons. The van der Waals surface area contributed by atoms with Crippen LogP contribution in [0.4, 0.5) is 0 Å². The minimum Gasteiger partial charge on any atom is -0.324 e. The Bertz CT molecular complexity index is 931. The van der Waals surface area contributed by atoms with E-state index in [0.717, 1.165) is 5.56 Å². The molecule has 3 aromatic rings. The predicted molar refractivity (Wildman–Crippen MR) is 81.3 cm³/mol. The lowest BCUT2D eigenvalue weighted by molar-refractivity contribution is 0.371. The van der Waals surface area contributed by atoms with E-state index in [1.807, 2.05) is 0 Å². The third-order valence-corrected chi connectivity index (χ3v) is 3.92. The van der Waals surface area contributed by atoms with E-state index in [1.165, 1.54) is 12.4 Å². The highest BCUT2D eigenvalue weighted by Gasteiger charge is 2.14. The van der Waals surface area contributed by atoms with Crippen molar-refractivity contribution in [3.8, 4) is 11.3 Å². The molecule has 0 unspecified atom stereocenters. The molecule has 0 saturated carbocycles. The molecule has 0 bridgehead atoms. The van der Waals surface area contributed by atoms with E-state index in [1.54, 1.807) is 30.3 Å². The zero-order chi connectivity index (χ0) is 15.7. The maximum atomic E-state index is 11.3. The average Bonchev–Trinajstić information content (AvgIpc) is 2.45. The van der Waals surface area contributed by atoms with E-state index >= 15 is 0 Å². The number of nitrogens with one attached hydrogen (secondary N) is 1. The Kier molecular flexibility index (Phi) is 3.62. The molecule has 22 heavy (non-hydrogen) atoms. The van der Waals surface area contributed by atoms with Gasteiger partial charge in [-0.05, 0) is 11.6 Å². The zero-order valence-corrected chi connectivity index (χ0v) is 12.2. The molecule has 0 amide bonds. The summed E-state index contributed by atoms with van der Waals surface area (Å²) in [7, 11) is -4.08. The summed E-state index contributed by atoms with van der Waals surface area (Å²) >= 11 is 0. The lowest BCUT2D eigenvalue weighted by Crippen LogP contribution is -2.04. The van der Waals surface area contributed by atoms with Crippen LogP contribution in [0.3, 0.4) is 0 Å². The lowest BCUT2D eigenvalue weighted by atomic mass is 10.1. The van der Waals surface area contributed by atoms with E-state index in [4.69, 9.17) is 9.79 Å². The number of hydrogen-bond donors (Lipinski definition) is 3. The van der Waals surface area contributed by atoms with Crippen molar-refractivity contribution < 1.29 is 14.4 Å². The molecule has 2 aromatic heterocycles. The molecule has 1 aromatic carbocycles. The predicted octanol–water partition coefficient (Wildman–Crippen LogP) is 1.66. The third kappa shape index (κ3) is 3.12. The second kappa shape index (κ2) is 5.46. The highest BCUT2D eigenvalue weighted by atomic mass is 31.2. The average molecular weight is 317 g/mol. The van der Waals surface area contributed by atoms with Gasteiger partial charge in [-0.2, -0.15) is 0 Å². The van der Waals surface area contributed by atoms with Crippen LogP contribution in [0, 0.1) is 0 Å². The van der Waals surface area contributed by atoms with E-state index < -0.39 is 7.60 Å². The van der Waals surface area contributed by atoms with Gasteiger partial charge in [0.05, 0.1) is 11.9 Å². The van der Waals surface area contributed by atoms with Crippen molar-refractivity contribution in [3.63, 3.8) is 0 Å². The molecule has 3 N–H and O–H groups in total. The van der Waals surface area contributed by atoms with E-state index in [2.05, 4.69) is 15.0 Å². The summed E-state index contributed by atoms with van der Waals surface area (Å²) in [6, 6.07) is 9.81. The monoisotopic (exact) mass is 317 g/mol. The largest absolute Gasteiger partial charge is 0.329 e. The van der Waals surface area contributed by atoms with Crippen LogP contribution < -0.4 is 5.56 Å². The Balaban J connectivity index is 2.05. The van der Waals surface area contributed by atoms with E-state index in [9.17, 15) is 9.36 Å². The van der Waals surface area contributed by atoms with Crippen LogP contribution in [0.25, 0.3) is 22.3 Å². The molecule has 2 heterocycles. The van der Waals surface area contributed by atoms with Gasteiger partial charge < -0.3 is 14.8 Å². The molecular formula is C14H12N3O4P. The summed E-state index contributed by atoms with van der Waals surface area (Å²) in [4.78, 5) is 40.2. The Morgan fingerprint density at radius 3 is 2.45 bits per heavy atom. The van der Waals surface area contributed by atoms with Crippen LogP contribution in [-0.2, 0) is 10.7 Å². The first-order chi connectivity index (χ1) is 10.4. The standard InChI is InChI=1S/C14H12N3O4P/c18-12-6-5-11-13(15-8-16-14(11)17-12)10-3-1-9(2-4-10)7-22(19,20)21/h1-6,8H,7H2,(H2,19,20,21)(H,15,16,17,18). The van der Waals surface area contributed by atoms with Gasteiger partial charge in [-0.1, -0.05) is 24.3 Å². The second-order valence-electron chi connectivity index (χ2n) is 4.83.